The molecule has 0 spiro atoms. The first-order valence-electron chi connectivity index (χ1n) is 8.11. The van der Waals surface area contributed by atoms with Crippen LogP contribution in [-0.4, -0.2) is 15.6 Å². The third-order valence-corrected chi connectivity index (χ3v) is 4.96. The number of phenols is 1. The number of nitrogens with two attached hydrogens (primary N) is 2. The number of phenolic OH excluding ortho intramolecular Hbond substituents is 1. The van der Waals surface area contributed by atoms with Gasteiger partial charge in [-0.2, -0.15) is 0 Å². The normalized spacial score (nSPS) is 10.9. The molecule has 1 amide bonds. The molecule has 0 aliphatic heterocycles. The number of aromatic hydroxyl groups is 1. The molecular weight excluding hydrogens is 328 g/mol. The van der Waals surface area contributed by atoms with E-state index in [1.165, 1.54) is 0 Å². The SMILES string of the molecule is [C-]#[N+]c1c(C)c(C)cc2c(C(N)=O)c(N)n(-c3c(C)ccc(O)c3C)c12. The number of anilines is 1. The highest BCUT2D eigenvalue weighted by atomic mass is 16.3. The van der Waals surface area contributed by atoms with Crippen molar-refractivity contribution in [3.8, 4) is 11.4 Å². The summed E-state index contributed by atoms with van der Waals surface area (Å²) < 4.78 is 1.67. The highest BCUT2D eigenvalue weighted by Gasteiger charge is 2.26. The maximum atomic E-state index is 12.1. The lowest BCUT2D eigenvalue weighted by atomic mass is 10.0. The van der Waals surface area contributed by atoms with E-state index in [2.05, 4.69) is 4.85 Å². The van der Waals surface area contributed by atoms with Crippen LogP contribution in [0.4, 0.5) is 11.5 Å². The largest absolute Gasteiger partial charge is 0.508 e. The molecule has 6 heteroatoms. The zero-order valence-electron chi connectivity index (χ0n) is 15.1. The first-order valence-corrected chi connectivity index (χ1v) is 8.11. The summed E-state index contributed by atoms with van der Waals surface area (Å²) in [5.74, 6) is -0.374. The topological polar surface area (TPSA) is 98.6 Å². The molecule has 0 unspecified atom stereocenters. The van der Waals surface area contributed by atoms with Gasteiger partial charge in [0, 0.05) is 10.9 Å². The van der Waals surface area contributed by atoms with Gasteiger partial charge < -0.3 is 21.1 Å². The van der Waals surface area contributed by atoms with Crippen molar-refractivity contribution in [1.82, 2.24) is 4.57 Å². The van der Waals surface area contributed by atoms with E-state index in [0.717, 1.165) is 16.7 Å². The van der Waals surface area contributed by atoms with E-state index in [4.69, 9.17) is 18.0 Å². The van der Waals surface area contributed by atoms with Crippen molar-refractivity contribution in [2.24, 2.45) is 5.73 Å². The van der Waals surface area contributed by atoms with Crippen molar-refractivity contribution in [3.63, 3.8) is 0 Å². The number of aryl methyl sites for hydroxylation is 2. The van der Waals surface area contributed by atoms with E-state index in [1.807, 2.05) is 26.8 Å². The van der Waals surface area contributed by atoms with E-state index >= 15 is 0 Å². The average molecular weight is 348 g/mol. The molecule has 0 saturated heterocycles. The number of primary amides is 1. The van der Waals surface area contributed by atoms with Gasteiger partial charge in [-0.1, -0.05) is 17.7 Å². The van der Waals surface area contributed by atoms with Crippen molar-refractivity contribution in [2.45, 2.75) is 27.7 Å². The second-order valence-electron chi connectivity index (χ2n) is 6.51. The van der Waals surface area contributed by atoms with Crippen LogP contribution in [0.1, 0.15) is 32.6 Å². The highest BCUT2D eigenvalue weighted by molar-refractivity contribution is 6.15. The van der Waals surface area contributed by atoms with Crippen LogP contribution >= 0.6 is 0 Å². The summed E-state index contributed by atoms with van der Waals surface area (Å²) in [6.45, 7) is 15.1. The summed E-state index contributed by atoms with van der Waals surface area (Å²) in [5, 5.41) is 10.7. The Balaban J connectivity index is 2.67. The third kappa shape index (κ3) is 2.21. The number of hydrogen-bond acceptors (Lipinski definition) is 3. The number of hydrogen-bond donors (Lipinski definition) is 3. The molecule has 6 nitrogen and oxygen atoms in total. The number of amides is 1. The molecule has 0 atom stereocenters. The van der Waals surface area contributed by atoms with Crippen LogP contribution < -0.4 is 11.5 Å². The van der Waals surface area contributed by atoms with Crippen LogP contribution in [0.2, 0.25) is 0 Å². The molecule has 1 heterocycles. The van der Waals surface area contributed by atoms with Crippen molar-refractivity contribution in [1.29, 1.82) is 0 Å². The Bertz CT molecular complexity index is 1130. The van der Waals surface area contributed by atoms with Crippen LogP contribution in [0.3, 0.4) is 0 Å². The Labute approximate surface area is 151 Å². The van der Waals surface area contributed by atoms with Crippen LogP contribution in [0.5, 0.6) is 5.75 Å². The maximum absolute atomic E-state index is 12.1. The smallest absolute Gasteiger partial charge is 0.253 e. The quantitative estimate of drug-likeness (QED) is 0.614. The van der Waals surface area contributed by atoms with Crippen LogP contribution in [0.25, 0.3) is 21.4 Å². The van der Waals surface area contributed by atoms with E-state index in [0.29, 0.717) is 27.8 Å². The zero-order valence-corrected chi connectivity index (χ0v) is 15.1. The molecule has 0 bridgehead atoms. The number of aromatic nitrogens is 1. The summed E-state index contributed by atoms with van der Waals surface area (Å²) in [6.07, 6.45) is 0. The monoisotopic (exact) mass is 348 g/mol. The number of nitrogens with zero attached hydrogens (tertiary/aromatic N) is 2. The number of carbonyl (C=O) groups excluding carboxylic acids is 1. The van der Waals surface area contributed by atoms with E-state index in [-0.39, 0.29) is 17.1 Å². The fourth-order valence-electron chi connectivity index (χ4n) is 3.47. The van der Waals surface area contributed by atoms with Gasteiger partial charge in [0.25, 0.3) is 5.91 Å². The number of nitrogen functional groups attached to an aromatic ring is 1. The van der Waals surface area contributed by atoms with Gasteiger partial charge in [-0.3, -0.25) is 4.79 Å². The summed E-state index contributed by atoms with van der Waals surface area (Å²) in [4.78, 5) is 15.8. The molecular formula is C20H20N4O2. The minimum absolute atomic E-state index is 0.112. The highest BCUT2D eigenvalue weighted by Crippen LogP contribution is 2.42. The molecule has 5 N–H and O–H groups in total. The lowest BCUT2D eigenvalue weighted by Gasteiger charge is -2.17. The summed E-state index contributed by atoms with van der Waals surface area (Å²) in [6, 6.07) is 5.21. The number of fused-ring (bicyclic) bond motifs is 1. The van der Waals surface area contributed by atoms with Crippen molar-refractivity contribution in [3.05, 3.63) is 57.4 Å². The van der Waals surface area contributed by atoms with Gasteiger partial charge in [0.2, 0.25) is 5.69 Å². The second-order valence-corrected chi connectivity index (χ2v) is 6.51. The minimum Gasteiger partial charge on any atom is -0.508 e. The van der Waals surface area contributed by atoms with E-state index in [9.17, 15) is 9.90 Å². The van der Waals surface area contributed by atoms with Gasteiger partial charge in [0.1, 0.15) is 11.6 Å². The first-order chi connectivity index (χ1) is 12.2. The maximum Gasteiger partial charge on any atom is 0.253 e. The lowest BCUT2D eigenvalue weighted by molar-refractivity contribution is 0.100. The molecule has 2 aromatic carbocycles. The number of rotatable bonds is 2. The summed E-state index contributed by atoms with van der Waals surface area (Å²) in [7, 11) is 0. The molecule has 1 aromatic heterocycles. The molecule has 0 aliphatic rings. The van der Waals surface area contributed by atoms with Crippen molar-refractivity contribution in [2.75, 3.05) is 5.73 Å². The molecule has 26 heavy (non-hydrogen) atoms. The number of carbonyl (C=O) groups is 1. The number of benzene rings is 2. The fourth-order valence-corrected chi connectivity index (χ4v) is 3.47. The Hall–Kier alpha value is -3.46. The van der Waals surface area contributed by atoms with E-state index < -0.39 is 5.91 Å². The Morgan fingerprint density at radius 3 is 2.38 bits per heavy atom. The summed E-state index contributed by atoms with van der Waals surface area (Å²) >= 11 is 0. The molecule has 0 fully saturated rings. The van der Waals surface area contributed by atoms with Crippen LogP contribution in [0.15, 0.2) is 18.2 Å². The van der Waals surface area contributed by atoms with Gasteiger partial charge >= 0.3 is 0 Å². The van der Waals surface area contributed by atoms with Gasteiger partial charge in [0.15, 0.2) is 0 Å². The van der Waals surface area contributed by atoms with Crippen LogP contribution in [0, 0.1) is 34.3 Å². The standard InChI is InChI=1S/C20H20N4O2/c1-9-6-7-14(25)12(4)17(9)24-18-13(15(19(24)21)20(22)26)8-10(2)11(3)16(18)23-5/h6-8,25H,21H2,1-4H3,(H2,22,26). The predicted octanol–water partition coefficient (Wildman–Crippen LogP) is 3.80. The van der Waals surface area contributed by atoms with Gasteiger partial charge in [-0.25, -0.2) is 4.85 Å². The van der Waals surface area contributed by atoms with Gasteiger partial charge in [0.05, 0.1) is 23.3 Å². The second kappa shape index (κ2) is 5.81. The average Bonchev–Trinajstić information content (AvgIpc) is 2.85. The van der Waals surface area contributed by atoms with Crippen molar-refractivity contribution >= 4 is 28.3 Å². The molecule has 132 valence electrons. The van der Waals surface area contributed by atoms with Gasteiger partial charge in [-0.15, -0.1) is 0 Å². The van der Waals surface area contributed by atoms with Gasteiger partial charge in [-0.05, 0) is 44.9 Å². The zero-order chi connectivity index (χ0) is 19.3. The van der Waals surface area contributed by atoms with Crippen molar-refractivity contribution < 1.29 is 9.90 Å². The molecule has 3 rings (SSSR count). The Kier molecular flexibility index (Phi) is 3.88. The first kappa shape index (κ1) is 17.4. The predicted molar refractivity (Wildman–Crippen MR) is 103 cm³/mol. The third-order valence-electron chi connectivity index (χ3n) is 4.96. The molecule has 0 radical (unpaired) electrons. The molecule has 3 aromatic rings. The molecule has 0 aliphatic carbocycles. The Morgan fingerprint density at radius 1 is 1.15 bits per heavy atom. The van der Waals surface area contributed by atoms with E-state index in [1.54, 1.807) is 23.6 Å². The lowest BCUT2D eigenvalue weighted by Crippen LogP contribution is -2.14. The summed E-state index contributed by atoms with van der Waals surface area (Å²) in [5.41, 5.74) is 16.9. The Morgan fingerprint density at radius 2 is 1.81 bits per heavy atom. The van der Waals surface area contributed by atoms with Crippen LogP contribution in [-0.2, 0) is 0 Å². The molecule has 0 saturated carbocycles. The fraction of sp³-hybridized carbons (Fsp3) is 0.200. The minimum atomic E-state index is -0.652.